The van der Waals surface area contributed by atoms with Crippen LogP contribution in [0.2, 0.25) is 0 Å². The van der Waals surface area contributed by atoms with E-state index in [1.165, 1.54) is 6.07 Å². The molecular weight excluding hydrogens is 171 g/mol. The number of aryl methyl sites for hydroxylation is 1. The molecule has 1 aromatic carbocycles. The van der Waals surface area contributed by atoms with Gasteiger partial charge in [-0.1, -0.05) is 12.1 Å². The van der Waals surface area contributed by atoms with Gasteiger partial charge in [0.15, 0.2) is 11.6 Å². The summed E-state index contributed by atoms with van der Waals surface area (Å²) < 4.78 is 18.2. The third kappa shape index (κ3) is 2.43. The van der Waals surface area contributed by atoms with E-state index >= 15 is 0 Å². The number of ether oxygens (including phenoxy) is 1. The number of nitrogens with two attached hydrogens (primary N) is 1. The lowest BCUT2D eigenvalue weighted by Gasteiger charge is -2.06. The van der Waals surface area contributed by atoms with Crippen LogP contribution >= 0.6 is 0 Å². The Hall–Kier alpha value is -1.58. The second kappa shape index (κ2) is 3.89. The Morgan fingerprint density at radius 1 is 1.62 bits per heavy atom. The van der Waals surface area contributed by atoms with Gasteiger partial charge in [0.2, 0.25) is 0 Å². The smallest absolute Gasteiger partial charge is 0.167 e. The van der Waals surface area contributed by atoms with Crippen molar-refractivity contribution < 1.29 is 9.13 Å². The summed E-state index contributed by atoms with van der Waals surface area (Å²) in [5.41, 5.74) is 5.58. The Balaban J connectivity index is 2.77. The van der Waals surface area contributed by atoms with Crippen LogP contribution in [0, 0.1) is 18.2 Å². The van der Waals surface area contributed by atoms with E-state index in [1.54, 1.807) is 19.1 Å². The molecule has 0 aliphatic rings. The normalized spacial score (nSPS) is 9.69. The van der Waals surface area contributed by atoms with E-state index in [0.717, 1.165) is 0 Å². The van der Waals surface area contributed by atoms with Crippen LogP contribution in [-0.4, -0.2) is 12.4 Å². The minimum absolute atomic E-state index is 0.0830. The van der Waals surface area contributed by atoms with Crippen molar-refractivity contribution in [3.63, 3.8) is 0 Å². The van der Waals surface area contributed by atoms with Crippen molar-refractivity contribution in [1.82, 2.24) is 0 Å². The first-order valence-electron chi connectivity index (χ1n) is 3.82. The van der Waals surface area contributed by atoms with Crippen LogP contribution in [0.15, 0.2) is 18.2 Å². The molecule has 70 valence electrons. The highest BCUT2D eigenvalue weighted by molar-refractivity contribution is 5.78. The molecule has 1 aromatic rings. The van der Waals surface area contributed by atoms with Gasteiger partial charge in [0, 0.05) is 0 Å². The first-order valence-corrected chi connectivity index (χ1v) is 3.82. The van der Waals surface area contributed by atoms with Crippen LogP contribution in [0.4, 0.5) is 4.39 Å². The molecule has 0 unspecified atom stereocenters. The van der Waals surface area contributed by atoms with Gasteiger partial charge in [-0.3, -0.25) is 5.41 Å². The number of hydrogen-bond acceptors (Lipinski definition) is 2. The molecule has 0 spiro atoms. The fourth-order valence-corrected chi connectivity index (χ4v) is 0.887. The topological polar surface area (TPSA) is 59.1 Å². The summed E-state index contributed by atoms with van der Waals surface area (Å²) >= 11 is 0. The summed E-state index contributed by atoms with van der Waals surface area (Å²) in [7, 11) is 0. The minimum atomic E-state index is -0.399. The van der Waals surface area contributed by atoms with Crippen molar-refractivity contribution in [2.24, 2.45) is 5.73 Å². The second-order valence-corrected chi connectivity index (χ2v) is 2.70. The molecular formula is C9H11FN2O. The number of halogens is 1. The van der Waals surface area contributed by atoms with E-state index in [2.05, 4.69) is 0 Å². The first kappa shape index (κ1) is 9.51. The zero-order chi connectivity index (χ0) is 9.84. The molecule has 0 aliphatic carbocycles. The molecule has 0 atom stereocenters. The van der Waals surface area contributed by atoms with Gasteiger partial charge in [0.1, 0.15) is 12.4 Å². The van der Waals surface area contributed by atoms with Gasteiger partial charge in [-0.25, -0.2) is 4.39 Å². The number of nitrogens with one attached hydrogen (secondary N) is 1. The highest BCUT2D eigenvalue weighted by Gasteiger charge is 2.05. The van der Waals surface area contributed by atoms with Crippen LogP contribution in [0.1, 0.15) is 5.56 Å². The van der Waals surface area contributed by atoms with Crippen molar-refractivity contribution in [2.75, 3.05) is 6.61 Å². The predicted molar refractivity (Wildman–Crippen MR) is 48.5 cm³/mol. The summed E-state index contributed by atoms with van der Waals surface area (Å²) in [5.74, 6) is -0.389. The molecule has 0 amide bonds. The lowest BCUT2D eigenvalue weighted by molar-refractivity contribution is 0.351. The molecule has 4 heteroatoms. The largest absolute Gasteiger partial charge is 0.483 e. The third-order valence-electron chi connectivity index (χ3n) is 1.54. The van der Waals surface area contributed by atoms with Gasteiger partial charge in [0.25, 0.3) is 0 Å². The number of rotatable bonds is 3. The molecule has 0 aliphatic heterocycles. The highest BCUT2D eigenvalue weighted by Crippen LogP contribution is 2.19. The van der Waals surface area contributed by atoms with Crippen molar-refractivity contribution in [3.8, 4) is 5.75 Å². The summed E-state index contributed by atoms with van der Waals surface area (Å²) in [4.78, 5) is 0. The summed E-state index contributed by atoms with van der Waals surface area (Å²) in [5, 5.41) is 6.90. The monoisotopic (exact) mass is 182 g/mol. The average Bonchev–Trinajstić information content (AvgIpc) is 2.07. The van der Waals surface area contributed by atoms with Crippen molar-refractivity contribution in [2.45, 2.75) is 6.92 Å². The molecule has 0 saturated heterocycles. The number of amidine groups is 1. The molecule has 0 saturated carbocycles. The summed E-state index contributed by atoms with van der Waals surface area (Å²) in [6, 6.07) is 4.84. The van der Waals surface area contributed by atoms with Crippen LogP contribution < -0.4 is 10.5 Å². The van der Waals surface area contributed by atoms with Gasteiger partial charge >= 0.3 is 0 Å². The van der Waals surface area contributed by atoms with Crippen LogP contribution in [-0.2, 0) is 0 Å². The maximum absolute atomic E-state index is 13.2. The van der Waals surface area contributed by atoms with Crippen LogP contribution in [0.3, 0.4) is 0 Å². The number of benzene rings is 1. The molecule has 0 fully saturated rings. The van der Waals surface area contributed by atoms with E-state index in [-0.39, 0.29) is 18.2 Å². The SMILES string of the molecule is Cc1cccc(OCC(=N)N)c1F. The Morgan fingerprint density at radius 3 is 2.92 bits per heavy atom. The highest BCUT2D eigenvalue weighted by atomic mass is 19.1. The van der Waals surface area contributed by atoms with Gasteiger partial charge in [0.05, 0.1) is 0 Å². The summed E-state index contributed by atoms with van der Waals surface area (Å²) in [6.45, 7) is 1.57. The quantitative estimate of drug-likeness (QED) is 0.549. The third-order valence-corrected chi connectivity index (χ3v) is 1.54. The van der Waals surface area contributed by atoms with Crippen molar-refractivity contribution >= 4 is 5.84 Å². The molecule has 13 heavy (non-hydrogen) atoms. The molecule has 0 heterocycles. The Morgan fingerprint density at radius 2 is 2.31 bits per heavy atom. The van der Waals surface area contributed by atoms with Crippen molar-refractivity contribution in [3.05, 3.63) is 29.6 Å². The van der Waals surface area contributed by atoms with Crippen LogP contribution in [0.25, 0.3) is 0 Å². The van der Waals surface area contributed by atoms with E-state index in [1.807, 2.05) is 0 Å². The Kier molecular flexibility index (Phi) is 2.84. The van der Waals surface area contributed by atoms with Crippen LogP contribution in [0.5, 0.6) is 5.75 Å². The fraction of sp³-hybridized carbons (Fsp3) is 0.222. The molecule has 0 aromatic heterocycles. The zero-order valence-electron chi connectivity index (χ0n) is 7.30. The maximum Gasteiger partial charge on any atom is 0.167 e. The van der Waals surface area contributed by atoms with Gasteiger partial charge in [-0.2, -0.15) is 0 Å². The van der Waals surface area contributed by atoms with E-state index in [4.69, 9.17) is 15.9 Å². The molecule has 0 radical (unpaired) electrons. The van der Waals surface area contributed by atoms with E-state index in [0.29, 0.717) is 5.56 Å². The predicted octanol–water partition coefficient (Wildman–Crippen LogP) is 1.45. The Labute approximate surface area is 75.8 Å². The van der Waals surface area contributed by atoms with Gasteiger partial charge in [-0.15, -0.1) is 0 Å². The Bertz CT molecular complexity index is 325. The molecule has 3 N–H and O–H groups in total. The van der Waals surface area contributed by atoms with Crippen molar-refractivity contribution in [1.29, 1.82) is 5.41 Å². The molecule has 3 nitrogen and oxygen atoms in total. The van der Waals surface area contributed by atoms with E-state index in [9.17, 15) is 4.39 Å². The van der Waals surface area contributed by atoms with E-state index < -0.39 is 5.82 Å². The fourth-order valence-electron chi connectivity index (χ4n) is 0.887. The lowest BCUT2D eigenvalue weighted by atomic mass is 10.2. The molecule has 0 bridgehead atoms. The first-order chi connectivity index (χ1) is 6.11. The van der Waals surface area contributed by atoms with Gasteiger partial charge < -0.3 is 10.5 Å². The number of hydrogen-bond donors (Lipinski definition) is 2. The standard InChI is InChI=1S/C9H11FN2O/c1-6-3-2-4-7(9(6)10)13-5-8(11)12/h2-4H,5H2,1H3,(H3,11,12). The summed E-state index contributed by atoms with van der Waals surface area (Å²) in [6.07, 6.45) is 0. The minimum Gasteiger partial charge on any atom is -0.483 e. The zero-order valence-corrected chi connectivity index (χ0v) is 7.30. The average molecular weight is 182 g/mol. The molecule has 1 rings (SSSR count). The lowest BCUT2D eigenvalue weighted by Crippen LogP contribution is -2.19. The second-order valence-electron chi connectivity index (χ2n) is 2.70. The van der Waals surface area contributed by atoms with Gasteiger partial charge in [-0.05, 0) is 18.6 Å². The maximum atomic E-state index is 13.2.